The molecule has 1 aliphatic rings. The van der Waals surface area contributed by atoms with E-state index >= 15 is 0 Å². The Bertz CT molecular complexity index is 1200. The fourth-order valence-corrected chi connectivity index (χ4v) is 3.63. The van der Waals surface area contributed by atoms with E-state index in [0.717, 1.165) is 16.7 Å². The first-order valence-electron chi connectivity index (χ1n) is 9.78. The summed E-state index contributed by atoms with van der Waals surface area (Å²) < 4.78 is 17.3. The lowest BCUT2D eigenvalue weighted by Crippen LogP contribution is -2.41. The second kappa shape index (κ2) is 7.55. The second-order valence-electron chi connectivity index (χ2n) is 7.29. The maximum absolute atomic E-state index is 13.1. The average molecular weight is 400 g/mol. The maximum atomic E-state index is 13.1. The average Bonchev–Trinajstić information content (AvgIpc) is 3.22. The number of nitrogens with zero attached hydrogens (tertiary/aromatic N) is 2. The van der Waals surface area contributed by atoms with Gasteiger partial charge in [-0.1, -0.05) is 47.6 Å². The van der Waals surface area contributed by atoms with Gasteiger partial charge in [-0.3, -0.25) is 4.79 Å². The number of hydrogen-bond acceptors (Lipinski definition) is 5. The first-order chi connectivity index (χ1) is 14.7. The summed E-state index contributed by atoms with van der Waals surface area (Å²) in [5.74, 6) is 1.99. The minimum atomic E-state index is -0.229. The van der Waals surface area contributed by atoms with Crippen LogP contribution in [-0.4, -0.2) is 42.3 Å². The number of carbonyl (C=O) groups is 1. The van der Waals surface area contributed by atoms with E-state index in [1.54, 1.807) is 18.0 Å². The van der Waals surface area contributed by atoms with Crippen LogP contribution in [0.2, 0.25) is 0 Å². The first-order valence-corrected chi connectivity index (χ1v) is 9.78. The number of para-hydroxylation sites is 2. The molecular formula is C24H20N2O4. The Morgan fingerprint density at radius 1 is 1.03 bits per heavy atom. The predicted octanol–water partition coefficient (Wildman–Crippen LogP) is 4.41. The van der Waals surface area contributed by atoms with Gasteiger partial charge in [0.2, 0.25) is 0 Å². The van der Waals surface area contributed by atoms with Crippen molar-refractivity contribution >= 4 is 16.8 Å². The quantitative estimate of drug-likeness (QED) is 0.508. The van der Waals surface area contributed by atoms with Crippen LogP contribution in [0.15, 0.2) is 77.3 Å². The van der Waals surface area contributed by atoms with E-state index in [-0.39, 0.29) is 12.0 Å². The van der Waals surface area contributed by atoms with Crippen molar-refractivity contribution in [3.8, 4) is 22.8 Å². The van der Waals surface area contributed by atoms with Crippen molar-refractivity contribution in [3.63, 3.8) is 0 Å². The molecule has 0 aliphatic carbocycles. The molecule has 0 unspecified atom stereocenters. The molecule has 0 spiro atoms. The Balaban J connectivity index is 1.35. The summed E-state index contributed by atoms with van der Waals surface area (Å²) in [5.41, 5.74) is 2.21. The van der Waals surface area contributed by atoms with E-state index in [9.17, 15) is 4.79 Å². The highest BCUT2D eigenvalue weighted by Gasteiger charge is 2.24. The van der Waals surface area contributed by atoms with E-state index in [0.29, 0.717) is 35.7 Å². The van der Waals surface area contributed by atoms with Crippen molar-refractivity contribution in [1.82, 2.24) is 10.1 Å². The minimum absolute atomic E-state index is 0.0976. The number of benzene rings is 3. The van der Waals surface area contributed by atoms with Gasteiger partial charge in [0, 0.05) is 18.2 Å². The molecule has 6 nitrogen and oxygen atoms in total. The third-order valence-corrected chi connectivity index (χ3v) is 5.15. The Kier molecular flexibility index (Phi) is 4.59. The van der Waals surface area contributed by atoms with Gasteiger partial charge in [-0.15, -0.1) is 0 Å². The summed E-state index contributed by atoms with van der Waals surface area (Å²) in [6.07, 6.45) is -0.229. The van der Waals surface area contributed by atoms with Crippen molar-refractivity contribution in [2.24, 2.45) is 0 Å². The maximum Gasteiger partial charge on any atom is 0.253 e. The highest BCUT2D eigenvalue weighted by Crippen LogP contribution is 2.32. The number of hydrogen-bond donors (Lipinski definition) is 0. The summed E-state index contributed by atoms with van der Waals surface area (Å²) in [6, 6.07) is 22.7. The van der Waals surface area contributed by atoms with E-state index < -0.39 is 0 Å². The number of aromatic nitrogens is 1. The number of fused-ring (bicyclic) bond motifs is 2. The zero-order valence-corrected chi connectivity index (χ0v) is 16.4. The highest BCUT2D eigenvalue weighted by atomic mass is 16.6. The van der Waals surface area contributed by atoms with Crippen molar-refractivity contribution in [2.45, 2.75) is 6.10 Å². The number of ether oxygens (including phenoxy) is 2. The standard InChI is InChI=1S/C24H20N2O4/c1-26(14-18-15-28-21-9-5-6-10-22(21)29-18)24(27)17-11-12-20-19(13-17)23(30-25-20)16-7-3-2-4-8-16/h2-13,18H,14-15H2,1H3/t18-/m0/s1. The lowest BCUT2D eigenvalue weighted by atomic mass is 10.1. The summed E-state index contributed by atoms with van der Waals surface area (Å²) in [5, 5.41) is 4.93. The lowest BCUT2D eigenvalue weighted by Gasteiger charge is -2.29. The number of carbonyl (C=O) groups excluding carboxylic acids is 1. The van der Waals surface area contributed by atoms with Gasteiger partial charge < -0.3 is 18.9 Å². The Labute approximate surface area is 173 Å². The monoisotopic (exact) mass is 400 g/mol. The van der Waals surface area contributed by atoms with Crippen LogP contribution in [0.5, 0.6) is 11.5 Å². The predicted molar refractivity (Wildman–Crippen MR) is 113 cm³/mol. The summed E-state index contributed by atoms with van der Waals surface area (Å²) in [4.78, 5) is 14.7. The molecule has 6 heteroatoms. The number of amides is 1. The minimum Gasteiger partial charge on any atom is -0.486 e. The van der Waals surface area contributed by atoms with Gasteiger partial charge in [0.25, 0.3) is 5.91 Å². The Morgan fingerprint density at radius 3 is 2.63 bits per heavy atom. The van der Waals surface area contributed by atoms with Gasteiger partial charge in [-0.05, 0) is 30.3 Å². The Hall–Kier alpha value is -3.80. The van der Waals surface area contributed by atoms with Crippen LogP contribution in [0, 0.1) is 0 Å². The van der Waals surface area contributed by atoms with Gasteiger partial charge in [0.1, 0.15) is 12.1 Å². The van der Waals surface area contributed by atoms with Crippen LogP contribution in [-0.2, 0) is 0 Å². The normalized spacial score (nSPS) is 15.2. The zero-order valence-electron chi connectivity index (χ0n) is 16.4. The van der Waals surface area contributed by atoms with Crippen molar-refractivity contribution < 1.29 is 18.8 Å². The van der Waals surface area contributed by atoms with Crippen LogP contribution >= 0.6 is 0 Å². The van der Waals surface area contributed by atoms with Crippen LogP contribution in [0.1, 0.15) is 10.4 Å². The molecule has 2 heterocycles. The molecule has 0 bridgehead atoms. The van der Waals surface area contributed by atoms with Crippen LogP contribution in [0.4, 0.5) is 0 Å². The fourth-order valence-electron chi connectivity index (χ4n) is 3.63. The van der Waals surface area contributed by atoms with Gasteiger partial charge in [0.15, 0.2) is 23.4 Å². The smallest absolute Gasteiger partial charge is 0.253 e. The van der Waals surface area contributed by atoms with E-state index in [4.69, 9.17) is 14.0 Å². The molecule has 0 radical (unpaired) electrons. The third-order valence-electron chi connectivity index (χ3n) is 5.15. The van der Waals surface area contributed by atoms with Gasteiger partial charge in [0.05, 0.1) is 11.9 Å². The lowest BCUT2D eigenvalue weighted by molar-refractivity contribution is 0.0521. The molecule has 30 heavy (non-hydrogen) atoms. The number of rotatable bonds is 4. The van der Waals surface area contributed by atoms with Gasteiger partial charge >= 0.3 is 0 Å². The Morgan fingerprint density at radius 2 is 1.80 bits per heavy atom. The van der Waals surface area contributed by atoms with Crippen LogP contribution < -0.4 is 9.47 Å². The van der Waals surface area contributed by atoms with E-state index in [1.807, 2.05) is 66.7 Å². The van der Waals surface area contributed by atoms with Crippen molar-refractivity contribution in [2.75, 3.05) is 20.2 Å². The largest absolute Gasteiger partial charge is 0.486 e. The molecule has 1 amide bonds. The van der Waals surface area contributed by atoms with Crippen molar-refractivity contribution in [3.05, 3.63) is 78.4 Å². The van der Waals surface area contributed by atoms with Gasteiger partial charge in [-0.25, -0.2) is 0 Å². The number of likely N-dealkylation sites (N-methyl/N-ethyl adjacent to an activating group) is 1. The molecule has 3 aromatic carbocycles. The third kappa shape index (κ3) is 3.37. The molecule has 0 saturated carbocycles. The molecular weight excluding hydrogens is 380 g/mol. The van der Waals surface area contributed by atoms with Crippen LogP contribution in [0.3, 0.4) is 0 Å². The summed E-state index contributed by atoms with van der Waals surface area (Å²) in [7, 11) is 1.77. The summed E-state index contributed by atoms with van der Waals surface area (Å²) in [6.45, 7) is 0.817. The fraction of sp³-hybridized carbons (Fsp3) is 0.167. The summed E-state index contributed by atoms with van der Waals surface area (Å²) >= 11 is 0. The molecule has 1 atom stereocenters. The second-order valence-corrected chi connectivity index (χ2v) is 7.29. The molecule has 1 aliphatic heterocycles. The molecule has 5 rings (SSSR count). The molecule has 1 aromatic heterocycles. The molecule has 0 fully saturated rings. The molecule has 150 valence electrons. The van der Waals surface area contributed by atoms with Crippen molar-refractivity contribution in [1.29, 1.82) is 0 Å². The molecule has 0 saturated heterocycles. The molecule has 0 N–H and O–H groups in total. The van der Waals surface area contributed by atoms with Gasteiger partial charge in [-0.2, -0.15) is 0 Å². The highest BCUT2D eigenvalue weighted by molar-refractivity contribution is 6.00. The zero-order chi connectivity index (χ0) is 20.5. The first kappa shape index (κ1) is 18.2. The topological polar surface area (TPSA) is 64.8 Å². The van der Waals surface area contributed by atoms with E-state index in [2.05, 4.69) is 5.16 Å². The molecule has 4 aromatic rings. The van der Waals surface area contributed by atoms with E-state index in [1.165, 1.54) is 0 Å². The SMILES string of the molecule is CN(C[C@H]1COc2ccccc2O1)C(=O)c1ccc2noc(-c3ccccc3)c2c1. The van der Waals surface area contributed by atoms with Crippen LogP contribution in [0.25, 0.3) is 22.2 Å².